The summed E-state index contributed by atoms with van der Waals surface area (Å²) in [6, 6.07) is 3.70. The predicted octanol–water partition coefficient (Wildman–Crippen LogP) is 3.25. The van der Waals surface area contributed by atoms with Crippen LogP contribution < -0.4 is 0 Å². The summed E-state index contributed by atoms with van der Waals surface area (Å²) in [5, 5.41) is 0.193. The van der Waals surface area contributed by atoms with Crippen molar-refractivity contribution in [2.45, 2.75) is 20.8 Å². The fourth-order valence-corrected chi connectivity index (χ4v) is 1.57. The Morgan fingerprint density at radius 1 is 1.39 bits per heavy atom. The number of benzene rings is 1. The lowest BCUT2D eigenvalue weighted by Crippen LogP contribution is -2.35. The minimum absolute atomic E-state index is 0.165. The Bertz CT molecular complexity index is 483. The van der Waals surface area contributed by atoms with Crippen LogP contribution in [0.3, 0.4) is 0 Å². The van der Waals surface area contributed by atoms with Crippen LogP contribution >= 0.6 is 11.6 Å². The van der Waals surface area contributed by atoms with Crippen LogP contribution in [0.1, 0.15) is 31.1 Å². The number of esters is 1. The molecule has 0 amide bonds. The second-order valence-corrected chi connectivity index (χ2v) is 4.74. The third kappa shape index (κ3) is 2.88. The molecule has 1 aromatic rings. The molecule has 1 aromatic carbocycles. The summed E-state index contributed by atoms with van der Waals surface area (Å²) in [6.45, 7) is 4.61. The number of Topliss-reactive ketones (excluding diaryl/α,β-unsaturated/α-hetero) is 1. The van der Waals surface area contributed by atoms with Gasteiger partial charge in [-0.05, 0) is 39.0 Å². The van der Waals surface area contributed by atoms with Crippen molar-refractivity contribution < 1.29 is 18.7 Å². The summed E-state index contributed by atoms with van der Waals surface area (Å²) in [4.78, 5) is 23.8. The zero-order valence-electron chi connectivity index (χ0n) is 10.4. The molecule has 0 aliphatic rings. The Morgan fingerprint density at radius 3 is 2.50 bits per heavy atom. The number of carbonyl (C=O) groups is 2. The van der Waals surface area contributed by atoms with E-state index in [9.17, 15) is 14.0 Å². The number of halogens is 2. The first kappa shape index (κ1) is 14.6. The first-order valence-corrected chi connectivity index (χ1v) is 5.85. The number of hydrogen-bond acceptors (Lipinski definition) is 3. The third-order valence-corrected chi connectivity index (χ3v) is 2.76. The molecule has 0 saturated carbocycles. The summed E-state index contributed by atoms with van der Waals surface area (Å²) < 4.78 is 18.4. The van der Waals surface area contributed by atoms with E-state index in [1.165, 1.54) is 26.0 Å². The molecule has 0 atom stereocenters. The van der Waals surface area contributed by atoms with Crippen molar-refractivity contribution in [1.82, 2.24) is 0 Å². The Kier molecular flexibility index (Phi) is 4.46. The van der Waals surface area contributed by atoms with Crippen LogP contribution in [0.5, 0.6) is 0 Å². The maximum absolute atomic E-state index is 13.6. The van der Waals surface area contributed by atoms with Gasteiger partial charge in [-0.1, -0.05) is 11.6 Å². The molecule has 0 unspecified atom stereocenters. The standard InChI is InChI=1S/C13H14ClFO3/c1-4-18-12(17)13(2,3)11(16)9-6-5-8(14)7-10(9)15/h5-7H,4H2,1-3H3. The van der Waals surface area contributed by atoms with E-state index in [0.29, 0.717) is 0 Å². The molecule has 3 nitrogen and oxygen atoms in total. The zero-order chi connectivity index (χ0) is 13.9. The van der Waals surface area contributed by atoms with E-state index in [0.717, 1.165) is 6.07 Å². The number of ether oxygens (including phenoxy) is 1. The number of hydrogen-bond donors (Lipinski definition) is 0. The quantitative estimate of drug-likeness (QED) is 0.480. The molecule has 0 bridgehead atoms. The molecule has 0 heterocycles. The van der Waals surface area contributed by atoms with Crippen molar-refractivity contribution in [2.75, 3.05) is 6.61 Å². The largest absolute Gasteiger partial charge is 0.465 e. The van der Waals surface area contributed by atoms with Gasteiger partial charge in [0, 0.05) is 5.02 Å². The van der Waals surface area contributed by atoms with Gasteiger partial charge in [0.15, 0.2) is 5.78 Å². The van der Waals surface area contributed by atoms with Gasteiger partial charge in [0.05, 0.1) is 12.2 Å². The number of rotatable bonds is 4. The Morgan fingerprint density at radius 2 is 2.00 bits per heavy atom. The van der Waals surface area contributed by atoms with Gasteiger partial charge in [-0.3, -0.25) is 9.59 Å². The van der Waals surface area contributed by atoms with Crippen molar-refractivity contribution in [2.24, 2.45) is 5.41 Å². The van der Waals surface area contributed by atoms with Crippen molar-refractivity contribution in [3.8, 4) is 0 Å². The second kappa shape index (κ2) is 5.48. The van der Waals surface area contributed by atoms with Crippen LogP contribution in [0.25, 0.3) is 0 Å². The molecule has 98 valence electrons. The first-order chi connectivity index (χ1) is 8.30. The highest BCUT2D eigenvalue weighted by Crippen LogP contribution is 2.26. The van der Waals surface area contributed by atoms with Crippen LogP contribution in [0, 0.1) is 11.2 Å². The van der Waals surface area contributed by atoms with E-state index in [-0.39, 0.29) is 17.2 Å². The molecule has 0 N–H and O–H groups in total. The van der Waals surface area contributed by atoms with Crippen LogP contribution in [-0.4, -0.2) is 18.4 Å². The van der Waals surface area contributed by atoms with Crippen LogP contribution in [0.15, 0.2) is 18.2 Å². The van der Waals surface area contributed by atoms with Crippen LogP contribution in [-0.2, 0) is 9.53 Å². The van der Waals surface area contributed by atoms with Gasteiger partial charge in [0.1, 0.15) is 11.2 Å². The second-order valence-electron chi connectivity index (χ2n) is 4.30. The van der Waals surface area contributed by atoms with Gasteiger partial charge >= 0.3 is 5.97 Å². The first-order valence-electron chi connectivity index (χ1n) is 5.47. The maximum Gasteiger partial charge on any atom is 0.319 e. The van der Waals surface area contributed by atoms with Gasteiger partial charge in [-0.25, -0.2) is 4.39 Å². The molecule has 18 heavy (non-hydrogen) atoms. The van der Waals surface area contributed by atoms with Crippen molar-refractivity contribution in [1.29, 1.82) is 0 Å². The van der Waals surface area contributed by atoms with E-state index in [1.54, 1.807) is 6.92 Å². The molecular formula is C13H14ClFO3. The smallest absolute Gasteiger partial charge is 0.319 e. The molecule has 5 heteroatoms. The van der Waals surface area contributed by atoms with E-state index < -0.39 is 23.0 Å². The van der Waals surface area contributed by atoms with Crippen LogP contribution in [0.4, 0.5) is 4.39 Å². The fraction of sp³-hybridized carbons (Fsp3) is 0.385. The normalized spacial score (nSPS) is 11.2. The Hall–Kier alpha value is -1.42. The fourth-order valence-electron chi connectivity index (χ4n) is 1.41. The van der Waals surface area contributed by atoms with Gasteiger partial charge in [0.2, 0.25) is 0 Å². The third-order valence-electron chi connectivity index (χ3n) is 2.53. The molecule has 0 aliphatic carbocycles. The van der Waals surface area contributed by atoms with E-state index in [2.05, 4.69) is 0 Å². The predicted molar refractivity (Wildman–Crippen MR) is 66.2 cm³/mol. The van der Waals surface area contributed by atoms with Crippen LogP contribution in [0.2, 0.25) is 5.02 Å². The monoisotopic (exact) mass is 272 g/mol. The molecule has 0 aromatic heterocycles. The molecular weight excluding hydrogens is 259 g/mol. The van der Waals surface area contributed by atoms with Gasteiger partial charge < -0.3 is 4.74 Å². The minimum atomic E-state index is -1.43. The lowest BCUT2D eigenvalue weighted by atomic mass is 9.84. The van der Waals surface area contributed by atoms with Gasteiger partial charge in [-0.15, -0.1) is 0 Å². The number of carbonyl (C=O) groups excluding carboxylic acids is 2. The summed E-state index contributed by atoms with van der Waals surface area (Å²) in [6.07, 6.45) is 0. The highest BCUT2D eigenvalue weighted by atomic mass is 35.5. The summed E-state index contributed by atoms with van der Waals surface area (Å²) in [5.41, 5.74) is -1.59. The Balaban J connectivity index is 3.09. The zero-order valence-corrected chi connectivity index (χ0v) is 11.2. The highest BCUT2D eigenvalue weighted by molar-refractivity contribution is 6.30. The molecule has 0 saturated heterocycles. The van der Waals surface area contributed by atoms with Gasteiger partial charge in [-0.2, -0.15) is 0 Å². The lowest BCUT2D eigenvalue weighted by Gasteiger charge is -2.21. The van der Waals surface area contributed by atoms with Crippen molar-refractivity contribution in [3.05, 3.63) is 34.6 Å². The van der Waals surface area contributed by atoms with E-state index in [4.69, 9.17) is 16.3 Å². The molecule has 0 radical (unpaired) electrons. The molecule has 0 aliphatic heterocycles. The summed E-state index contributed by atoms with van der Waals surface area (Å²) in [5.74, 6) is -2.05. The Labute approximate surface area is 110 Å². The topological polar surface area (TPSA) is 43.4 Å². The average Bonchev–Trinajstić information content (AvgIpc) is 2.28. The SMILES string of the molecule is CCOC(=O)C(C)(C)C(=O)c1ccc(Cl)cc1F. The molecule has 0 fully saturated rings. The average molecular weight is 273 g/mol. The lowest BCUT2D eigenvalue weighted by molar-refractivity contribution is -0.150. The highest BCUT2D eigenvalue weighted by Gasteiger charge is 2.39. The summed E-state index contributed by atoms with van der Waals surface area (Å²) in [7, 11) is 0. The van der Waals surface area contributed by atoms with E-state index in [1.807, 2.05) is 0 Å². The molecule has 1 rings (SSSR count). The van der Waals surface area contributed by atoms with Crippen molar-refractivity contribution in [3.63, 3.8) is 0 Å². The van der Waals surface area contributed by atoms with Crippen molar-refractivity contribution >= 4 is 23.4 Å². The maximum atomic E-state index is 13.6. The van der Waals surface area contributed by atoms with Gasteiger partial charge in [0.25, 0.3) is 0 Å². The summed E-state index contributed by atoms with van der Waals surface area (Å²) >= 11 is 5.61. The van der Waals surface area contributed by atoms with E-state index >= 15 is 0 Å². The number of ketones is 1. The minimum Gasteiger partial charge on any atom is -0.465 e. The molecule has 0 spiro atoms.